The summed E-state index contributed by atoms with van der Waals surface area (Å²) in [5.74, 6) is 0.535. The maximum atomic E-state index is 12.6. The van der Waals surface area contributed by atoms with Crippen LogP contribution in [0.3, 0.4) is 0 Å². The molecule has 2 aromatic rings. The van der Waals surface area contributed by atoms with E-state index in [0.717, 1.165) is 31.7 Å². The van der Waals surface area contributed by atoms with E-state index in [1.165, 1.54) is 0 Å². The van der Waals surface area contributed by atoms with E-state index < -0.39 is 0 Å². The number of hydrogen-bond acceptors (Lipinski definition) is 3. The largest absolute Gasteiger partial charge is 0.448 e. The normalized spacial score (nSPS) is 21.4. The van der Waals surface area contributed by atoms with Gasteiger partial charge in [-0.3, -0.25) is 4.79 Å². The second-order valence-electron chi connectivity index (χ2n) is 5.63. The molecule has 20 heavy (non-hydrogen) atoms. The number of likely N-dealkylation sites (N-methyl/N-ethyl adjacent to an activating group) is 1. The summed E-state index contributed by atoms with van der Waals surface area (Å²) in [6, 6.07) is 3.62. The number of aromatic amines is 1. The number of carbonyl (C=O) groups excluding carboxylic acids is 1. The maximum Gasteiger partial charge on any atom is 0.270 e. The van der Waals surface area contributed by atoms with E-state index in [1.54, 1.807) is 6.07 Å². The Balaban J connectivity index is 1.81. The highest BCUT2D eigenvalue weighted by molar-refractivity contribution is 9.10. The van der Waals surface area contributed by atoms with Crippen LogP contribution in [0.15, 0.2) is 21.2 Å². The SMILES string of the molecule is CC1CN(C)CCN(C(=O)c2cc3oc(Br)cc3[nH]2)C1. The smallest absolute Gasteiger partial charge is 0.270 e. The van der Waals surface area contributed by atoms with Crippen molar-refractivity contribution in [1.29, 1.82) is 0 Å². The van der Waals surface area contributed by atoms with Crippen molar-refractivity contribution in [1.82, 2.24) is 14.8 Å². The number of halogens is 1. The second-order valence-corrected chi connectivity index (χ2v) is 6.41. The standard InChI is InChI=1S/C14H18BrN3O2/c1-9-7-17(2)3-4-18(8-9)14(19)11-5-12-10(16-11)6-13(15)20-12/h5-6,9,16H,3-4,7-8H2,1-2H3. The molecule has 0 aliphatic carbocycles. The minimum Gasteiger partial charge on any atom is -0.448 e. The third-order valence-electron chi connectivity index (χ3n) is 3.70. The van der Waals surface area contributed by atoms with Gasteiger partial charge in [-0.15, -0.1) is 0 Å². The van der Waals surface area contributed by atoms with E-state index in [0.29, 0.717) is 21.9 Å². The molecule has 1 unspecified atom stereocenters. The molecule has 1 aliphatic rings. The van der Waals surface area contributed by atoms with Crippen molar-refractivity contribution in [2.75, 3.05) is 33.2 Å². The molecule has 0 saturated carbocycles. The monoisotopic (exact) mass is 339 g/mol. The highest BCUT2D eigenvalue weighted by atomic mass is 79.9. The minimum absolute atomic E-state index is 0.0506. The maximum absolute atomic E-state index is 12.6. The first-order valence-electron chi connectivity index (χ1n) is 6.79. The highest BCUT2D eigenvalue weighted by Crippen LogP contribution is 2.24. The van der Waals surface area contributed by atoms with Crippen LogP contribution in [0.25, 0.3) is 11.1 Å². The Morgan fingerprint density at radius 2 is 2.20 bits per heavy atom. The van der Waals surface area contributed by atoms with Gasteiger partial charge >= 0.3 is 0 Å². The zero-order valence-electron chi connectivity index (χ0n) is 11.6. The number of rotatable bonds is 1. The Morgan fingerprint density at radius 1 is 1.40 bits per heavy atom. The molecule has 6 heteroatoms. The zero-order chi connectivity index (χ0) is 14.3. The Bertz CT molecular complexity index is 602. The van der Waals surface area contributed by atoms with Gasteiger partial charge in [-0.1, -0.05) is 6.92 Å². The molecular weight excluding hydrogens is 322 g/mol. The molecule has 0 bridgehead atoms. The number of hydrogen-bond donors (Lipinski definition) is 1. The van der Waals surface area contributed by atoms with Crippen LogP contribution < -0.4 is 0 Å². The molecule has 1 atom stereocenters. The number of amides is 1. The van der Waals surface area contributed by atoms with E-state index in [1.807, 2.05) is 11.0 Å². The van der Waals surface area contributed by atoms with Crippen molar-refractivity contribution in [2.24, 2.45) is 5.92 Å². The van der Waals surface area contributed by atoms with Crippen molar-refractivity contribution in [2.45, 2.75) is 6.92 Å². The van der Waals surface area contributed by atoms with Crippen molar-refractivity contribution < 1.29 is 9.21 Å². The molecule has 1 N–H and O–H groups in total. The fourth-order valence-corrected chi connectivity index (χ4v) is 3.20. The molecule has 5 nitrogen and oxygen atoms in total. The van der Waals surface area contributed by atoms with Gasteiger partial charge in [-0.2, -0.15) is 0 Å². The van der Waals surface area contributed by atoms with Gasteiger partial charge in [0.1, 0.15) is 5.69 Å². The molecular formula is C14H18BrN3O2. The molecule has 108 valence electrons. The van der Waals surface area contributed by atoms with Crippen LogP contribution in [0.1, 0.15) is 17.4 Å². The van der Waals surface area contributed by atoms with Crippen LogP contribution >= 0.6 is 15.9 Å². The summed E-state index contributed by atoms with van der Waals surface area (Å²) in [7, 11) is 2.10. The van der Waals surface area contributed by atoms with E-state index >= 15 is 0 Å². The summed E-state index contributed by atoms with van der Waals surface area (Å²) in [4.78, 5) is 19.9. The van der Waals surface area contributed by atoms with Gasteiger partial charge in [0.2, 0.25) is 0 Å². The average molecular weight is 340 g/mol. The van der Waals surface area contributed by atoms with Crippen LogP contribution in [0, 0.1) is 5.92 Å². The van der Waals surface area contributed by atoms with Crippen LogP contribution in [0.4, 0.5) is 0 Å². The van der Waals surface area contributed by atoms with E-state index in [9.17, 15) is 4.79 Å². The van der Waals surface area contributed by atoms with Gasteiger partial charge in [0, 0.05) is 38.3 Å². The summed E-state index contributed by atoms with van der Waals surface area (Å²) in [5, 5.41) is 0. The number of carbonyl (C=O) groups is 1. The molecule has 1 fully saturated rings. The Hall–Kier alpha value is -1.27. The fourth-order valence-electron chi connectivity index (χ4n) is 2.80. The lowest BCUT2D eigenvalue weighted by atomic mass is 10.1. The van der Waals surface area contributed by atoms with Crippen LogP contribution in [0.5, 0.6) is 0 Å². The lowest BCUT2D eigenvalue weighted by molar-refractivity contribution is 0.0744. The highest BCUT2D eigenvalue weighted by Gasteiger charge is 2.24. The van der Waals surface area contributed by atoms with Crippen molar-refractivity contribution in [3.63, 3.8) is 0 Å². The lowest BCUT2D eigenvalue weighted by Crippen LogP contribution is -2.35. The van der Waals surface area contributed by atoms with E-state index in [-0.39, 0.29) is 5.91 Å². The summed E-state index contributed by atoms with van der Waals surface area (Å²) < 4.78 is 6.12. The quantitative estimate of drug-likeness (QED) is 0.868. The molecule has 3 heterocycles. The second kappa shape index (κ2) is 5.26. The molecule has 1 aliphatic heterocycles. The molecule has 3 rings (SSSR count). The number of H-pyrrole nitrogens is 1. The summed E-state index contributed by atoms with van der Waals surface area (Å²) in [5.41, 5.74) is 2.16. The Kier molecular flexibility index (Phi) is 3.60. The number of furan rings is 1. The molecule has 0 aromatic carbocycles. The third kappa shape index (κ3) is 2.62. The van der Waals surface area contributed by atoms with E-state index in [4.69, 9.17) is 4.42 Å². The summed E-state index contributed by atoms with van der Waals surface area (Å²) >= 11 is 3.28. The lowest BCUT2D eigenvalue weighted by Gasteiger charge is -2.21. The third-order valence-corrected chi connectivity index (χ3v) is 4.09. The number of aromatic nitrogens is 1. The first kappa shape index (κ1) is 13.7. The first-order valence-corrected chi connectivity index (χ1v) is 7.58. The number of nitrogens with one attached hydrogen (secondary N) is 1. The number of nitrogens with zero attached hydrogens (tertiary/aromatic N) is 2. The molecule has 2 aromatic heterocycles. The molecule has 1 saturated heterocycles. The van der Waals surface area contributed by atoms with Crippen molar-refractivity contribution in [3.8, 4) is 0 Å². The van der Waals surface area contributed by atoms with Gasteiger partial charge in [0.05, 0.1) is 5.52 Å². The molecule has 0 spiro atoms. The van der Waals surface area contributed by atoms with Crippen LogP contribution in [0.2, 0.25) is 0 Å². The predicted molar refractivity (Wildman–Crippen MR) is 80.8 cm³/mol. The fraction of sp³-hybridized carbons (Fsp3) is 0.500. The topological polar surface area (TPSA) is 52.5 Å². The predicted octanol–water partition coefficient (Wildman–Crippen LogP) is 2.55. The van der Waals surface area contributed by atoms with Gasteiger partial charge in [0.15, 0.2) is 10.3 Å². The van der Waals surface area contributed by atoms with Crippen LogP contribution in [-0.4, -0.2) is 53.9 Å². The summed E-state index contributed by atoms with van der Waals surface area (Å²) in [6.07, 6.45) is 0. The molecule has 0 radical (unpaired) electrons. The average Bonchev–Trinajstić information content (AvgIpc) is 2.84. The molecule has 1 amide bonds. The Morgan fingerprint density at radius 3 is 2.95 bits per heavy atom. The van der Waals surface area contributed by atoms with Gasteiger partial charge < -0.3 is 19.2 Å². The van der Waals surface area contributed by atoms with Crippen molar-refractivity contribution in [3.05, 3.63) is 22.5 Å². The van der Waals surface area contributed by atoms with Crippen molar-refractivity contribution >= 4 is 32.9 Å². The number of fused-ring (bicyclic) bond motifs is 1. The van der Waals surface area contributed by atoms with E-state index in [2.05, 4.69) is 39.8 Å². The first-order chi connectivity index (χ1) is 9.52. The summed E-state index contributed by atoms with van der Waals surface area (Å²) in [6.45, 7) is 5.69. The zero-order valence-corrected chi connectivity index (χ0v) is 13.2. The van der Waals surface area contributed by atoms with Gasteiger partial charge in [-0.25, -0.2) is 0 Å². The van der Waals surface area contributed by atoms with Gasteiger partial charge in [0.25, 0.3) is 5.91 Å². The van der Waals surface area contributed by atoms with Gasteiger partial charge in [-0.05, 0) is 28.9 Å². The minimum atomic E-state index is 0.0506. The van der Waals surface area contributed by atoms with Crippen LogP contribution in [-0.2, 0) is 0 Å². The Labute approximate surface area is 126 Å².